The van der Waals surface area contributed by atoms with Crippen LogP contribution >= 0.6 is 11.3 Å². The van der Waals surface area contributed by atoms with E-state index in [0.717, 1.165) is 66.4 Å². The number of fused-ring (bicyclic) bond motifs is 3. The van der Waals surface area contributed by atoms with Gasteiger partial charge in [0.05, 0.1) is 22.7 Å². The van der Waals surface area contributed by atoms with Crippen LogP contribution in [0.4, 0.5) is 21.6 Å². The van der Waals surface area contributed by atoms with Crippen molar-refractivity contribution in [1.82, 2.24) is 4.98 Å². The maximum atomic E-state index is 14.9. The molecule has 8 rings (SSSR count). The fourth-order valence-corrected chi connectivity index (χ4v) is 9.02. The summed E-state index contributed by atoms with van der Waals surface area (Å²) in [4.78, 5) is 51.4. The highest BCUT2D eigenvalue weighted by Crippen LogP contribution is 2.44. The van der Waals surface area contributed by atoms with E-state index in [1.165, 1.54) is 17.4 Å². The molecule has 3 aromatic carbocycles. The minimum absolute atomic E-state index is 0.143. The van der Waals surface area contributed by atoms with Crippen molar-refractivity contribution in [3.8, 4) is 16.2 Å². The zero-order valence-corrected chi connectivity index (χ0v) is 32.3. The average molecular weight is 775 g/mol. The molecule has 288 valence electrons. The molecule has 0 saturated carbocycles. The molecule has 2 aromatic heterocycles. The lowest BCUT2D eigenvalue weighted by Gasteiger charge is -2.53. The Labute approximate surface area is 329 Å². The number of ether oxygens (including phenoxy) is 3. The number of ketones is 1. The molecule has 0 radical (unpaired) electrons. The Kier molecular flexibility index (Phi) is 10.7. The van der Waals surface area contributed by atoms with Crippen LogP contribution in [0.1, 0.15) is 59.9 Å². The molecule has 1 N–H and O–H groups in total. The molecule has 2 amide bonds. The first-order valence-corrected chi connectivity index (χ1v) is 19.7. The Morgan fingerprint density at radius 1 is 0.982 bits per heavy atom. The van der Waals surface area contributed by atoms with Gasteiger partial charge in [-0.25, -0.2) is 9.37 Å². The molecule has 2 saturated heterocycles. The minimum Gasteiger partial charge on any atom is -0.491 e. The number of para-hydroxylation sites is 1. The predicted molar refractivity (Wildman–Crippen MR) is 215 cm³/mol. The highest BCUT2D eigenvalue weighted by Gasteiger charge is 2.45. The van der Waals surface area contributed by atoms with E-state index in [1.54, 1.807) is 54.6 Å². The largest absolute Gasteiger partial charge is 0.491 e. The van der Waals surface area contributed by atoms with Gasteiger partial charge in [0.2, 0.25) is 0 Å². The number of nitrogens with zero attached hydrogens (tertiary/aromatic N) is 3. The predicted octanol–water partition coefficient (Wildman–Crippen LogP) is 7.78. The van der Waals surface area contributed by atoms with E-state index in [4.69, 9.17) is 14.2 Å². The molecule has 5 heterocycles. The summed E-state index contributed by atoms with van der Waals surface area (Å²) in [5.41, 5.74) is 5.47. The number of anilines is 3. The SMILES string of the molecule is COCCOc1cccc(F)c1CC(=O)c1cc2c(s1)-c1ccccc1N(C(=O)c1ccc(NC(=O)c3cc(C)cnc3N3CC4(CCOCC4)C3)cc1)CC2. The second-order valence-electron chi connectivity index (χ2n) is 14.7. The highest BCUT2D eigenvalue weighted by molar-refractivity contribution is 7.17. The van der Waals surface area contributed by atoms with E-state index in [-0.39, 0.29) is 41.6 Å². The van der Waals surface area contributed by atoms with E-state index >= 15 is 0 Å². The van der Waals surface area contributed by atoms with Crippen molar-refractivity contribution < 1.29 is 33.0 Å². The van der Waals surface area contributed by atoms with Crippen LogP contribution < -0.4 is 19.9 Å². The maximum absolute atomic E-state index is 14.9. The van der Waals surface area contributed by atoms with E-state index in [9.17, 15) is 18.8 Å². The molecular weight excluding hydrogens is 732 g/mol. The molecule has 1 spiro atoms. The number of thiophene rings is 1. The summed E-state index contributed by atoms with van der Waals surface area (Å²) in [6, 6.07) is 22.9. The zero-order valence-electron chi connectivity index (χ0n) is 31.4. The van der Waals surface area contributed by atoms with Gasteiger partial charge < -0.3 is 29.3 Å². The number of amides is 2. The van der Waals surface area contributed by atoms with Crippen molar-refractivity contribution in [3.05, 3.63) is 124 Å². The van der Waals surface area contributed by atoms with Gasteiger partial charge in [-0.3, -0.25) is 14.4 Å². The monoisotopic (exact) mass is 774 g/mol. The molecule has 0 atom stereocenters. The topological polar surface area (TPSA) is 110 Å². The number of aromatic nitrogens is 1. The number of Topliss-reactive ketones (excluding diaryl/α,β-unsaturated/α-hetero) is 1. The molecule has 0 unspecified atom stereocenters. The fourth-order valence-electron chi connectivity index (χ4n) is 7.84. The van der Waals surface area contributed by atoms with Crippen LogP contribution in [0.15, 0.2) is 85.1 Å². The second-order valence-corrected chi connectivity index (χ2v) is 15.8. The Balaban J connectivity index is 0.963. The van der Waals surface area contributed by atoms with E-state index in [0.29, 0.717) is 52.8 Å². The number of hydrogen-bond donors (Lipinski definition) is 1. The first-order chi connectivity index (χ1) is 27.2. The minimum atomic E-state index is -0.496. The van der Waals surface area contributed by atoms with E-state index in [2.05, 4.69) is 15.2 Å². The van der Waals surface area contributed by atoms with Crippen LogP contribution in [0.3, 0.4) is 0 Å². The van der Waals surface area contributed by atoms with Gasteiger partial charge in [-0.15, -0.1) is 11.3 Å². The molecule has 5 aromatic rings. The Bertz CT molecular complexity index is 2280. The summed E-state index contributed by atoms with van der Waals surface area (Å²) in [7, 11) is 1.56. The first kappa shape index (κ1) is 37.5. The standard InChI is InChI=1S/C44H43FN4O6S/c1-28-22-34(41(46-25-28)48-26-44(27-48)15-18-54-19-16-44)42(51)47-31-12-10-29(11-13-31)43(52)49-17-14-30-23-39(56-40(30)32-6-3-4-8-36(32)49)37(50)24-33-35(45)7-5-9-38(33)55-21-20-53-2/h3-13,22-23,25H,14-21,24,26-27H2,1-2H3,(H,47,51). The average Bonchev–Trinajstić information content (AvgIpc) is 3.57. The number of nitrogens with one attached hydrogen (secondary N) is 1. The number of aryl methyl sites for hydroxylation is 1. The van der Waals surface area contributed by atoms with Gasteiger partial charge in [0, 0.05) is 85.2 Å². The summed E-state index contributed by atoms with van der Waals surface area (Å²) in [6.45, 7) is 6.17. The second kappa shape index (κ2) is 16.0. The third kappa shape index (κ3) is 7.56. The molecule has 12 heteroatoms. The van der Waals surface area contributed by atoms with Crippen molar-refractivity contribution in [2.24, 2.45) is 5.41 Å². The molecule has 10 nitrogen and oxygen atoms in total. The Morgan fingerprint density at radius 2 is 1.77 bits per heavy atom. The molecule has 3 aliphatic rings. The van der Waals surface area contributed by atoms with Crippen LogP contribution in [-0.2, 0) is 22.3 Å². The van der Waals surface area contributed by atoms with E-state index < -0.39 is 5.82 Å². The molecule has 56 heavy (non-hydrogen) atoms. The highest BCUT2D eigenvalue weighted by atomic mass is 32.1. The number of carbonyl (C=O) groups is 3. The molecule has 0 aliphatic carbocycles. The summed E-state index contributed by atoms with van der Waals surface area (Å²) in [5, 5.41) is 3.02. The number of benzene rings is 3. The van der Waals surface area contributed by atoms with Crippen molar-refractivity contribution in [2.45, 2.75) is 32.6 Å². The van der Waals surface area contributed by atoms with Gasteiger partial charge in [-0.05, 0) is 91.9 Å². The third-order valence-electron chi connectivity index (χ3n) is 10.9. The van der Waals surface area contributed by atoms with Crippen LogP contribution in [0, 0.1) is 18.2 Å². The zero-order chi connectivity index (χ0) is 38.8. The van der Waals surface area contributed by atoms with Crippen LogP contribution in [0.2, 0.25) is 0 Å². The summed E-state index contributed by atoms with van der Waals surface area (Å²) in [6.07, 6.45) is 4.22. The summed E-state index contributed by atoms with van der Waals surface area (Å²) in [5.74, 6) is -0.117. The van der Waals surface area contributed by atoms with E-state index in [1.807, 2.05) is 43.3 Å². The number of hydrogen-bond acceptors (Lipinski definition) is 9. The van der Waals surface area contributed by atoms with Gasteiger partial charge >= 0.3 is 0 Å². The fraction of sp³-hybridized carbons (Fsp3) is 0.318. The lowest BCUT2D eigenvalue weighted by Crippen LogP contribution is -2.59. The van der Waals surface area contributed by atoms with Crippen LogP contribution in [-0.4, -0.2) is 75.8 Å². The molecule has 0 bridgehead atoms. The number of halogens is 1. The van der Waals surface area contributed by atoms with Crippen molar-refractivity contribution >= 4 is 46.1 Å². The van der Waals surface area contributed by atoms with Gasteiger partial charge in [0.15, 0.2) is 5.78 Å². The van der Waals surface area contributed by atoms with Crippen molar-refractivity contribution in [3.63, 3.8) is 0 Å². The number of methoxy groups -OCH3 is 1. The van der Waals surface area contributed by atoms with Crippen LogP contribution in [0.25, 0.3) is 10.4 Å². The first-order valence-electron chi connectivity index (χ1n) is 18.9. The smallest absolute Gasteiger partial charge is 0.259 e. The molecular formula is C44H43FN4O6S. The Morgan fingerprint density at radius 3 is 2.55 bits per heavy atom. The number of carbonyl (C=O) groups excluding carboxylic acids is 3. The molecule has 2 fully saturated rings. The van der Waals surface area contributed by atoms with Gasteiger partial charge in [0.1, 0.15) is 24.0 Å². The normalized spacial score (nSPS) is 15.7. The van der Waals surface area contributed by atoms with Crippen LogP contribution in [0.5, 0.6) is 5.75 Å². The van der Waals surface area contributed by atoms with Gasteiger partial charge in [-0.1, -0.05) is 24.3 Å². The van der Waals surface area contributed by atoms with Crippen molar-refractivity contribution in [1.29, 1.82) is 0 Å². The quantitative estimate of drug-likeness (QED) is 0.107. The maximum Gasteiger partial charge on any atom is 0.259 e. The van der Waals surface area contributed by atoms with Crippen molar-refractivity contribution in [2.75, 3.05) is 68.3 Å². The van der Waals surface area contributed by atoms with Gasteiger partial charge in [0.25, 0.3) is 11.8 Å². The lowest BCUT2D eigenvalue weighted by atomic mass is 9.73. The lowest BCUT2D eigenvalue weighted by molar-refractivity contribution is -0.000511. The Hall–Kier alpha value is -5.43. The van der Waals surface area contributed by atoms with Gasteiger partial charge in [-0.2, -0.15) is 0 Å². The summed E-state index contributed by atoms with van der Waals surface area (Å²) >= 11 is 1.36. The summed E-state index contributed by atoms with van der Waals surface area (Å²) < 4.78 is 31.3. The molecule has 3 aliphatic heterocycles. The number of pyridine rings is 1. The third-order valence-corrected chi connectivity index (χ3v) is 12.1. The number of rotatable bonds is 11.